The van der Waals surface area contributed by atoms with Crippen molar-refractivity contribution in [3.05, 3.63) is 34.6 Å². The molecule has 0 radical (unpaired) electrons. The molecule has 2 rings (SSSR count). The zero-order valence-corrected chi connectivity index (χ0v) is 13.5. The zero-order valence-electron chi connectivity index (χ0n) is 12.7. The van der Waals surface area contributed by atoms with Gasteiger partial charge in [0.15, 0.2) is 10.6 Å². The van der Waals surface area contributed by atoms with E-state index in [-0.39, 0.29) is 12.5 Å². The summed E-state index contributed by atoms with van der Waals surface area (Å²) in [6.07, 6.45) is 0.0898. The van der Waals surface area contributed by atoms with Gasteiger partial charge >= 0.3 is 0 Å². The average molecular weight is 320 g/mol. The minimum Gasteiger partial charge on any atom is -0.393 e. The van der Waals surface area contributed by atoms with E-state index >= 15 is 0 Å². The summed E-state index contributed by atoms with van der Waals surface area (Å²) in [6, 6.07) is 7.86. The predicted molar refractivity (Wildman–Crippen MR) is 86.9 cm³/mol. The molecule has 0 saturated heterocycles. The molecule has 0 saturated carbocycles. The first-order valence-corrected chi connectivity index (χ1v) is 7.55. The number of hydrogen-bond acceptors (Lipinski definition) is 4. The number of H-pyrrole nitrogens is 1. The number of rotatable bonds is 6. The summed E-state index contributed by atoms with van der Waals surface area (Å²) < 4.78 is 2.07. The van der Waals surface area contributed by atoms with Crippen molar-refractivity contribution in [1.29, 1.82) is 0 Å². The van der Waals surface area contributed by atoms with E-state index in [2.05, 4.69) is 15.5 Å². The van der Waals surface area contributed by atoms with E-state index in [4.69, 9.17) is 12.2 Å². The van der Waals surface area contributed by atoms with Crippen LogP contribution >= 0.6 is 12.2 Å². The second-order valence-corrected chi connectivity index (χ2v) is 5.68. The van der Waals surface area contributed by atoms with Gasteiger partial charge in [-0.3, -0.25) is 14.5 Å². The number of aryl methyl sites for hydroxylation is 1. The van der Waals surface area contributed by atoms with Crippen LogP contribution in [0.5, 0.6) is 0 Å². The van der Waals surface area contributed by atoms with Gasteiger partial charge in [0, 0.05) is 12.1 Å². The predicted octanol–water partition coefficient (Wildman–Crippen LogP) is 1.80. The summed E-state index contributed by atoms with van der Waals surface area (Å²) in [5, 5.41) is 18.9. The summed E-state index contributed by atoms with van der Waals surface area (Å²) in [6.45, 7) is 4.21. The first-order chi connectivity index (χ1) is 10.5. The Morgan fingerprint density at radius 3 is 3.00 bits per heavy atom. The Hall–Kier alpha value is -1.99. The number of aliphatic hydroxyl groups excluding tert-OH is 1. The van der Waals surface area contributed by atoms with Gasteiger partial charge in [-0.1, -0.05) is 23.8 Å². The van der Waals surface area contributed by atoms with Gasteiger partial charge in [-0.2, -0.15) is 5.10 Å². The highest BCUT2D eigenvalue weighted by Gasteiger charge is 2.12. The molecule has 1 aromatic carbocycles. The van der Waals surface area contributed by atoms with Crippen LogP contribution in [0.4, 0.5) is 0 Å². The fourth-order valence-electron chi connectivity index (χ4n) is 2.09. The molecule has 0 unspecified atom stereocenters. The molecule has 7 heteroatoms. The first kappa shape index (κ1) is 16.4. The van der Waals surface area contributed by atoms with Crippen molar-refractivity contribution in [3.8, 4) is 11.4 Å². The topological polar surface area (TPSA) is 82.9 Å². The molecule has 0 spiro atoms. The van der Waals surface area contributed by atoms with Crippen LogP contribution in [0, 0.1) is 11.7 Å². The fourth-order valence-corrected chi connectivity index (χ4v) is 2.29. The van der Waals surface area contributed by atoms with E-state index in [0.717, 1.165) is 11.1 Å². The number of amides is 1. The van der Waals surface area contributed by atoms with E-state index in [0.29, 0.717) is 23.6 Å². The van der Waals surface area contributed by atoms with Crippen LogP contribution in [0.1, 0.15) is 18.9 Å². The largest absolute Gasteiger partial charge is 0.393 e. The van der Waals surface area contributed by atoms with Gasteiger partial charge in [0.2, 0.25) is 5.91 Å². The summed E-state index contributed by atoms with van der Waals surface area (Å²) in [4.78, 5) is 12.0. The minimum absolute atomic E-state index is 0.0957. The van der Waals surface area contributed by atoms with Crippen molar-refractivity contribution in [1.82, 2.24) is 20.1 Å². The van der Waals surface area contributed by atoms with Gasteiger partial charge < -0.3 is 10.4 Å². The summed E-state index contributed by atoms with van der Waals surface area (Å²) in [5.41, 5.74) is 2.02. The van der Waals surface area contributed by atoms with E-state index in [1.807, 2.05) is 31.2 Å². The fraction of sp³-hybridized carbons (Fsp3) is 0.400. The Bertz CT molecular complexity index is 706. The van der Waals surface area contributed by atoms with Crippen LogP contribution in [-0.2, 0) is 11.3 Å². The number of aromatic nitrogens is 3. The SMILES string of the molecule is Cc1cccc(-c2n[nH]c(=S)n2CC(=O)NCC[C@@H](C)O)c1. The summed E-state index contributed by atoms with van der Waals surface area (Å²) in [5.74, 6) is 0.478. The van der Waals surface area contributed by atoms with E-state index in [1.54, 1.807) is 11.5 Å². The van der Waals surface area contributed by atoms with Gasteiger partial charge in [0.1, 0.15) is 6.54 Å². The number of carbonyl (C=O) groups is 1. The van der Waals surface area contributed by atoms with Crippen molar-refractivity contribution in [2.45, 2.75) is 32.9 Å². The Labute approximate surface area is 134 Å². The monoisotopic (exact) mass is 320 g/mol. The smallest absolute Gasteiger partial charge is 0.240 e. The molecule has 1 aromatic heterocycles. The third-order valence-electron chi connectivity index (χ3n) is 3.22. The lowest BCUT2D eigenvalue weighted by molar-refractivity contribution is -0.121. The maximum absolute atomic E-state index is 12.0. The highest BCUT2D eigenvalue weighted by molar-refractivity contribution is 7.71. The van der Waals surface area contributed by atoms with Gasteiger partial charge in [-0.05, 0) is 38.6 Å². The molecule has 2 aromatic rings. The Kier molecular flexibility index (Phi) is 5.46. The zero-order chi connectivity index (χ0) is 16.1. The number of nitrogens with zero attached hydrogens (tertiary/aromatic N) is 2. The van der Waals surface area contributed by atoms with Crippen LogP contribution in [0.15, 0.2) is 24.3 Å². The molecule has 0 fully saturated rings. The third kappa shape index (κ3) is 4.25. The summed E-state index contributed by atoms with van der Waals surface area (Å²) >= 11 is 5.20. The molecule has 1 atom stereocenters. The van der Waals surface area contributed by atoms with Gasteiger partial charge in [0.25, 0.3) is 0 Å². The number of carbonyl (C=O) groups excluding carboxylic acids is 1. The normalized spacial score (nSPS) is 12.1. The van der Waals surface area contributed by atoms with Gasteiger partial charge in [-0.15, -0.1) is 0 Å². The van der Waals surface area contributed by atoms with Crippen molar-refractivity contribution < 1.29 is 9.90 Å². The lowest BCUT2D eigenvalue weighted by Crippen LogP contribution is -2.30. The molecule has 0 aliphatic carbocycles. The van der Waals surface area contributed by atoms with Crippen LogP contribution in [0.25, 0.3) is 11.4 Å². The molecule has 6 nitrogen and oxygen atoms in total. The molecule has 0 bridgehead atoms. The molecule has 118 valence electrons. The van der Waals surface area contributed by atoms with Crippen molar-refractivity contribution in [3.63, 3.8) is 0 Å². The standard InChI is InChI=1S/C15H20N4O2S/c1-10-4-3-5-12(8-10)14-17-18-15(22)19(14)9-13(21)16-7-6-11(2)20/h3-5,8,11,20H,6-7,9H2,1-2H3,(H,16,21)(H,18,22)/t11-/m1/s1. The summed E-state index contributed by atoms with van der Waals surface area (Å²) in [7, 11) is 0. The first-order valence-electron chi connectivity index (χ1n) is 7.14. The molecule has 3 N–H and O–H groups in total. The van der Waals surface area contributed by atoms with E-state index in [1.165, 1.54) is 0 Å². The Balaban J connectivity index is 2.13. The molecule has 22 heavy (non-hydrogen) atoms. The molecule has 0 aliphatic heterocycles. The number of nitrogens with one attached hydrogen (secondary N) is 2. The van der Waals surface area contributed by atoms with Gasteiger partial charge in [0.05, 0.1) is 6.10 Å². The van der Waals surface area contributed by atoms with Crippen LogP contribution in [0.2, 0.25) is 0 Å². The molecular formula is C15H20N4O2S. The Morgan fingerprint density at radius 1 is 1.55 bits per heavy atom. The maximum Gasteiger partial charge on any atom is 0.240 e. The quantitative estimate of drug-likeness (QED) is 0.709. The maximum atomic E-state index is 12.0. The highest BCUT2D eigenvalue weighted by atomic mass is 32.1. The van der Waals surface area contributed by atoms with Crippen LogP contribution in [0.3, 0.4) is 0 Å². The van der Waals surface area contributed by atoms with Crippen molar-refractivity contribution in [2.75, 3.05) is 6.54 Å². The van der Waals surface area contributed by atoms with Crippen LogP contribution in [-0.4, -0.2) is 38.4 Å². The Morgan fingerprint density at radius 2 is 2.32 bits per heavy atom. The molecule has 1 amide bonds. The van der Waals surface area contributed by atoms with Gasteiger partial charge in [-0.25, -0.2) is 0 Å². The average Bonchev–Trinajstić information content (AvgIpc) is 2.80. The second-order valence-electron chi connectivity index (χ2n) is 5.30. The third-order valence-corrected chi connectivity index (χ3v) is 3.53. The number of aliphatic hydroxyl groups is 1. The molecule has 0 aliphatic rings. The molecular weight excluding hydrogens is 300 g/mol. The van der Waals surface area contributed by atoms with E-state index < -0.39 is 6.10 Å². The lowest BCUT2D eigenvalue weighted by atomic mass is 10.1. The number of aromatic amines is 1. The van der Waals surface area contributed by atoms with Crippen LogP contribution < -0.4 is 5.32 Å². The number of benzene rings is 1. The van der Waals surface area contributed by atoms with Crippen molar-refractivity contribution in [2.24, 2.45) is 0 Å². The van der Waals surface area contributed by atoms with Crippen molar-refractivity contribution >= 4 is 18.1 Å². The lowest BCUT2D eigenvalue weighted by Gasteiger charge is -2.09. The molecule has 1 heterocycles. The number of hydrogen-bond donors (Lipinski definition) is 3. The van der Waals surface area contributed by atoms with E-state index in [9.17, 15) is 9.90 Å². The second kappa shape index (κ2) is 7.33. The highest BCUT2D eigenvalue weighted by Crippen LogP contribution is 2.18. The minimum atomic E-state index is -0.431.